The number of aromatic nitrogens is 2. The molecule has 0 saturated heterocycles. The van der Waals surface area contributed by atoms with Crippen molar-refractivity contribution in [1.82, 2.24) is 9.13 Å². The molecule has 0 atom stereocenters. The first kappa shape index (κ1) is 61.0. The summed E-state index contributed by atoms with van der Waals surface area (Å²) in [5.74, 6) is 0. The molecule has 0 unspecified atom stereocenters. The molecule has 0 aliphatic carbocycles. The standard InChI is InChI=1S/C78H48F12N6/c1-73(2)57-19-11-13-21-61(57)93(49-15-7-5-8-16-49)63-33-23-43(35-59(63)73)69-55(41-91)71(95-65-37-45(75(79,80)81)25-29-51(65)52-30-26-46(38-66(52)95)76(82,83)84)56(42-92)70(44-24-34-64-60(36-44)74(3,4)58-20-12-14-22-62(58)94(64)50-17-9-6-10-18-50)72(69)96-67-39-47(77(85,86)87)27-31-53(67)54-32-28-48(40-68(54)96)78(88,89)90/h5-40H,1-4H3. The molecule has 0 radical (unpaired) electrons. The number of nitrogens with zero attached hydrogens (tertiary/aromatic N) is 6. The van der Waals surface area contributed by atoms with E-state index in [9.17, 15) is 10.5 Å². The number of benzene rings is 11. The topological polar surface area (TPSA) is 63.9 Å². The lowest BCUT2D eigenvalue weighted by Crippen LogP contribution is -2.30. The molecule has 474 valence electrons. The molecule has 13 aromatic rings. The van der Waals surface area contributed by atoms with Gasteiger partial charge in [0.25, 0.3) is 0 Å². The number of rotatable bonds is 6. The maximum absolute atomic E-state index is 15.5. The maximum Gasteiger partial charge on any atom is 0.416 e. The van der Waals surface area contributed by atoms with Crippen LogP contribution in [0.15, 0.2) is 218 Å². The summed E-state index contributed by atoms with van der Waals surface area (Å²) in [6.07, 6.45) is -20.3. The molecule has 0 amide bonds. The molecule has 2 aliphatic heterocycles. The van der Waals surface area contributed by atoms with Gasteiger partial charge in [-0.3, -0.25) is 0 Å². The van der Waals surface area contributed by atoms with Crippen LogP contribution >= 0.6 is 0 Å². The van der Waals surface area contributed by atoms with Crippen LogP contribution in [-0.2, 0) is 35.5 Å². The normalized spacial score (nSPS) is 14.4. The summed E-state index contributed by atoms with van der Waals surface area (Å²) in [6.45, 7) is 7.79. The number of nitriles is 2. The predicted octanol–water partition coefficient (Wildman–Crippen LogP) is 23.3. The average molecular weight is 1300 g/mol. The summed E-state index contributed by atoms with van der Waals surface area (Å²) in [7, 11) is 0. The van der Waals surface area contributed by atoms with Gasteiger partial charge in [0.15, 0.2) is 0 Å². The zero-order valence-electron chi connectivity index (χ0n) is 51.0. The number of fused-ring (bicyclic) bond motifs is 10. The number of hydrogen-bond donors (Lipinski definition) is 0. The quantitative estimate of drug-likeness (QED) is 0.156. The molecule has 15 rings (SSSR count). The van der Waals surface area contributed by atoms with E-state index in [1.807, 2.05) is 147 Å². The molecule has 18 heteroatoms. The molecule has 11 aromatic carbocycles. The van der Waals surface area contributed by atoms with Gasteiger partial charge >= 0.3 is 24.7 Å². The number of anilines is 6. The molecule has 0 fully saturated rings. The summed E-state index contributed by atoms with van der Waals surface area (Å²) in [5.41, 5.74) is -3.88. The molecule has 0 saturated carbocycles. The summed E-state index contributed by atoms with van der Waals surface area (Å²) >= 11 is 0. The van der Waals surface area contributed by atoms with E-state index in [0.29, 0.717) is 46.0 Å². The molecule has 2 aromatic heterocycles. The second-order valence-corrected chi connectivity index (χ2v) is 25.1. The van der Waals surface area contributed by atoms with Crippen molar-refractivity contribution in [2.45, 2.75) is 63.2 Å². The van der Waals surface area contributed by atoms with E-state index >= 15 is 52.7 Å². The van der Waals surface area contributed by atoms with Crippen LogP contribution in [0.1, 0.15) is 83.3 Å². The van der Waals surface area contributed by atoms with Crippen molar-refractivity contribution in [2.24, 2.45) is 0 Å². The fourth-order valence-electron chi connectivity index (χ4n) is 14.6. The first-order valence-electron chi connectivity index (χ1n) is 30.3. The van der Waals surface area contributed by atoms with Gasteiger partial charge in [-0.2, -0.15) is 63.2 Å². The van der Waals surface area contributed by atoms with Gasteiger partial charge < -0.3 is 18.9 Å². The molecule has 96 heavy (non-hydrogen) atoms. The first-order chi connectivity index (χ1) is 45.6. The molecule has 0 bridgehead atoms. The van der Waals surface area contributed by atoms with Gasteiger partial charge in [-0.25, -0.2) is 0 Å². The predicted molar refractivity (Wildman–Crippen MR) is 349 cm³/mol. The third-order valence-corrected chi connectivity index (χ3v) is 19.0. The lowest BCUT2D eigenvalue weighted by Gasteiger charge is -2.42. The molecule has 0 spiro atoms. The molecule has 0 N–H and O–H groups in total. The van der Waals surface area contributed by atoms with E-state index in [1.54, 1.807) is 36.4 Å². The van der Waals surface area contributed by atoms with E-state index in [2.05, 4.69) is 12.1 Å². The van der Waals surface area contributed by atoms with Crippen LogP contribution in [0.3, 0.4) is 0 Å². The number of alkyl halides is 12. The minimum absolute atomic E-state index is 0.00911. The molecular formula is C78H48F12N6. The van der Waals surface area contributed by atoms with Crippen molar-refractivity contribution >= 4 is 77.7 Å². The van der Waals surface area contributed by atoms with Crippen molar-refractivity contribution in [3.8, 4) is 45.8 Å². The highest BCUT2D eigenvalue weighted by Gasteiger charge is 2.43. The van der Waals surface area contributed by atoms with Gasteiger partial charge in [0.05, 0.1) is 89.6 Å². The minimum Gasteiger partial charge on any atom is -0.310 e. The Morgan fingerprint density at radius 3 is 0.917 bits per heavy atom. The van der Waals surface area contributed by atoms with Gasteiger partial charge in [-0.15, -0.1) is 0 Å². The Kier molecular flexibility index (Phi) is 13.4. The Bertz CT molecular complexity index is 5190. The molecule has 2 aliphatic rings. The van der Waals surface area contributed by atoms with E-state index in [4.69, 9.17) is 0 Å². The Labute approximate surface area is 540 Å². The van der Waals surface area contributed by atoms with Crippen LogP contribution in [0, 0.1) is 22.7 Å². The zero-order valence-corrected chi connectivity index (χ0v) is 51.0. The molecular weight excluding hydrogens is 1250 g/mol. The highest BCUT2D eigenvalue weighted by molar-refractivity contribution is 6.14. The zero-order chi connectivity index (χ0) is 67.5. The van der Waals surface area contributed by atoms with Gasteiger partial charge in [-0.1, -0.05) is 137 Å². The minimum atomic E-state index is -5.08. The Balaban J connectivity index is 1.20. The Morgan fingerprint density at radius 1 is 0.312 bits per heavy atom. The van der Waals surface area contributed by atoms with E-state index < -0.39 is 85.6 Å². The number of para-hydroxylation sites is 4. The summed E-state index contributed by atoms with van der Waals surface area (Å²) in [5, 5.41) is 24.9. The highest BCUT2D eigenvalue weighted by Crippen LogP contribution is 2.58. The third-order valence-electron chi connectivity index (χ3n) is 19.0. The van der Waals surface area contributed by atoms with Crippen molar-refractivity contribution in [2.75, 3.05) is 9.80 Å². The molecule has 4 heterocycles. The van der Waals surface area contributed by atoms with Gasteiger partial charge in [0.1, 0.15) is 12.1 Å². The van der Waals surface area contributed by atoms with Crippen molar-refractivity contribution in [1.29, 1.82) is 10.5 Å². The monoisotopic (exact) mass is 1300 g/mol. The summed E-state index contributed by atoms with van der Waals surface area (Å²) in [4.78, 5) is 4.01. The van der Waals surface area contributed by atoms with Crippen LogP contribution in [-0.4, -0.2) is 9.13 Å². The van der Waals surface area contributed by atoms with Gasteiger partial charge in [-0.05, 0) is 143 Å². The second kappa shape index (κ2) is 21.1. The van der Waals surface area contributed by atoms with Crippen molar-refractivity contribution in [3.63, 3.8) is 0 Å². The van der Waals surface area contributed by atoms with E-state index in [0.717, 1.165) is 87.7 Å². The highest BCUT2D eigenvalue weighted by atomic mass is 19.4. The Morgan fingerprint density at radius 2 is 0.604 bits per heavy atom. The van der Waals surface area contributed by atoms with Crippen LogP contribution in [0.25, 0.3) is 77.2 Å². The van der Waals surface area contributed by atoms with E-state index in [-0.39, 0.29) is 60.5 Å². The lowest BCUT2D eigenvalue weighted by molar-refractivity contribution is -0.138. The van der Waals surface area contributed by atoms with Crippen LogP contribution in [0.4, 0.5) is 86.8 Å². The van der Waals surface area contributed by atoms with Crippen molar-refractivity contribution < 1.29 is 52.7 Å². The number of hydrogen-bond acceptors (Lipinski definition) is 4. The summed E-state index contributed by atoms with van der Waals surface area (Å²) in [6, 6.07) is 58.9. The van der Waals surface area contributed by atoms with E-state index in [1.165, 1.54) is 4.57 Å². The average Bonchev–Trinajstić information content (AvgIpc) is 1.49. The van der Waals surface area contributed by atoms with Gasteiger partial charge in [0.2, 0.25) is 0 Å². The fourth-order valence-corrected chi connectivity index (χ4v) is 14.6. The second-order valence-electron chi connectivity index (χ2n) is 25.1. The molecule has 6 nitrogen and oxygen atoms in total. The largest absolute Gasteiger partial charge is 0.416 e. The van der Waals surface area contributed by atoms with Crippen LogP contribution < -0.4 is 9.80 Å². The summed E-state index contributed by atoms with van der Waals surface area (Å²) < 4.78 is 187. The maximum atomic E-state index is 15.5. The SMILES string of the molecule is CC1(C)c2ccccc2N(c2ccccc2)c2ccc(-c3c(C#N)c(-n4c5cc(C(F)(F)F)ccc5c5ccc(C(F)(F)F)cc54)c(C#N)c(-c4ccc5c(c4)C(C)(C)c4ccccc4N5c4ccccc4)c3-n3c4cc(C(F)(F)F)ccc4c4ccc(C(F)(F)F)cc43)cc21. The fraction of sp³-hybridized carbons (Fsp3) is 0.128. The van der Waals surface area contributed by atoms with Crippen LogP contribution in [0.2, 0.25) is 0 Å². The smallest absolute Gasteiger partial charge is 0.310 e. The van der Waals surface area contributed by atoms with Crippen molar-refractivity contribution in [3.05, 3.63) is 274 Å². The third kappa shape index (κ3) is 9.23. The Hall–Kier alpha value is -11.2. The van der Waals surface area contributed by atoms with Gasteiger partial charge in [0, 0.05) is 54.9 Å². The first-order valence-corrected chi connectivity index (χ1v) is 30.3. The van der Waals surface area contributed by atoms with Crippen LogP contribution in [0.5, 0.6) is 0 Å². The lowest BCUT2D eigenvalue weighted by atomic mass is 9.72. The number of halogens is 12.